The summed E-state index contributed by atoms with van der Waals surface area (Å²) < 4.78 is 0. The fourth-order valence-corrected chi connectivity index (χ4v) is 1.64. The molecule has 0 amide bonds. The fourth-order valence-electron chi connectivity index (χ4n) is 1.64. The number of benzene rings is 1. The molecule has 0 fully saturated rings. The van der Waals surface area contributed by atoms with Gasteiger partial charge in [-0.25, -0.2) is 0 Å². The highest BCUT2D eigenvalue weighted by Gasteiger charge is 2.08. The number of nitrogens with one attached hydrogen (secondary N) is 1. The van der Waals surface area contributed by atoms with Gasteiger partial charge in [-0.1, -0.05) is 30.3 Å². The van der Waals surface area contributed by atoms with E-state index in [0.29, 0.717) is 5.56 Å². The van der Waals surface area contributed by atoms with Crippen LogP contribution in [0.2, 0.25) is 0 Å². The number of hydrogen-bond acceptors (Lipinski definition) is 2. The molecular formula is C12H11NO2. The van der Waals surface area contributed by atoms with Crippen molar-refractivity contribution in [3.63, 3.8) is 0 Å². The number of H-pyrrole nitrogens is 1. The third-order valence-electron chi connectivity index (χ3n) is 2.28. The minimum absolute atomic E-state index is 0.0776. The molecule has 0 aliphatic heterocycles. The molecule has 0 radical (unpaired) electrons. The van der Waals surface area contributed by atoms with Gasteiger partial charge < -0.3 is 5.11 Å². The molecule has 15 heavy (non-hydrogen) atoms. The van der Waals surface area contributed by atoms with Gasteiger partial charge >= 0.3 is 0 Å². The van der Waals surface area contributed by atoms with E-state index in [2.05, 4.69) is 4.98 Å². The van der Waals surface area contributed by atoms with Crippen LogP contribution >= 0.6 is 0 Å². The summed E-state index contributed by atoms with van der Waals surface area (Å²) in [6, 6.07) is 10.9. The Bertz CT molecular complexity index is 503. The molecule has 3 heteroatoms. The minimum Gasteiger partial charge on any atom is -0.494 e. The largest absolute Gasteiger partial charge is 0.494 e. The average Bonchev–Trinajstić information content (AvgIpc) is 2.17. The summed E-state index contributed by atoms with van der Waals surface area (Å²) in [7, 11) is 0. The first kappa shape index (κ1) is 9.52. The molecule has 76 valence electrons. The van der Waals surface area contributed by atoms with E-state index in [0.717, 1.165) is 11.1 Å². The molecule has 0 aliphatic rings. The predicted molar refractivity (Wildman–Crippen MR) is 58.9 cm³/mol. The highest BCUT2D eigenvalue weighted by molar-refractivity contribution is 5.71. The molecule has 2 N–H and O–H groups in total. The molecule has 1 aromatic carbocycles. The summed E-state index contributed by atoms with van der Waals surface area (Å²) >= 11 is 0. The molecule has 0 atom stereocenters. The van der Waals surface area contributed by atoms with E-state index in [4.69, 9.17) is 0 Å². The summed E-state index contributed by atoms with van der Waals surface area (Å²) in [5, 5.41) is 9.67. The zero-order chi connectivity index (χ0) is 10.8. The lowest BCUT2D eigenvalue weighted by atomic mass is 10.0. The maximum absolute atomic E-state index is 11.1. The summed E-state index contributed by atoms with van der Waals surface area (Å²) in [5.41, 5.74) is 2.05. The van der Waals surface area contributed by atoms with Crippen LogP contribution in [0.25, 0.3) is 11.1 Å². The lowest BCUT2D eigenvalue weighted by molar-refractivity contribution is 0.453. The smallest absolute Gasteiger partial charge is 0.250 e. The van der Waals surface area contributed by atoms with E-state index in [-0.39, 0.29) is 11.4 Å². The number of rotatable bonds is 1. The first-order chi connectivity index (χ1) is 7.18. The van der Waals surface area contributed by atoms with Gasteiger partial charge in [0.1, 0.15) is 0 Å². The first-order valence-electron chi connectivity index (χ1n) is 4.67. The number of pyridine rings is 1. The van der Waals surface area contributed by atoms with Gasteiger partial charge in [-0.15, -0.1) is 0 Å². The third kappa shape index (κ3) is 1.76. The highest BCUT2D eigenvalue weighted by Crippen LogP contribution is 2.28. The average molecular weight is 201 g/mol. The second-order valence-electron chi connectivity index (χ2n) is 3.41. The maximum atomic E-state index is 11.1. The van der Waals surface area contributed by atoms with Gasteiger partial charge in [0.15, 0.2) is 5.88 Å². The lowest BCUT2D eigenvalue weighted by Gasteiger charge is -2.07. The Morgan fingerprint density at radius 1 is 1.20 bits per heavy atom. The predicted octanol–water partition coefficient (Wildman–Crippen LogP) is 2.06. The normalized spacial score (nSPS) is 10.2. The van der Waals surface area contributed by atoms with E-state index >= 15 is 0 Å². The number of aromatic hydroxyl groups is 1. The molecule has 2 aromatic rings. The zero-order valence-corrected chi connectivity index (χ0v) is 8.32. The highest BCUT2D eigenvalue weighted by atomic mass is 16.3. The van der Waals surface area contributed by atoms with Crippen LogP contribution in [0.3, 0.4) is 0 Å². The molecule has 0 saturated heterocycles. The van der Waals surface area contributed by atoms with Crippen molar-refractivity contribution in [3.8, 4) is 17.0 Å². The number of aromatic nitrogens is 1. The fraction of sp³-hybridized carbons (Fsp3) is 0.0833. The van der Waals surface area contributed by atoms with Crippen LogP contribution in [0, 0.1) is 6.92 Å². The molecular weight excluding hydrogens is 190 g/mol. The topological polar surface area (TPSA) is 53.1 Å². The van der Waals surface area contributed by atoms with Crippen molar-refractivity contribution >= 4 is 0 Å². The molecule has 0 saturated carbocycles. The minimum atomic E-state index is -0.287. The van der Waals surface area contributed by atoms with E-state index in [1.807, 2.05) is 30.3 Å². The summed E-state index contributed by atoms with van der Waals surface area (Å²) in [4.78, 5) is 13.5. The van der Waals surface area contributed by atoms with Gasteiger partial charge in [0, 0.05) is 11.6 Å². The maximum Gasteiger partial charge on any atom is 0.250 e. The van der Waals surface area contributed by atoms with Crippen LogP contribution in [0.1, 0.15) is 5.56 Å². The molecule has 1 aromatic heterocycles. The first-order valence-corrected chi connectivity index (χ1v) is 4.67. The Labute approximate surface area is 87.0 Å². The van der Waals surface area contributed by atoms with Crippen LogP contribution in [0.15, 0.2) is 41.2 Å². The van der Waals surface area contributed by atoms with Crippen molar-refractivity contribution in [3.05, 3.63) is 52.3 Å². The van der Waals surface area contributed by atoms with Gasteiger partial charge in [-0.3, -0.25) is 9.78 Å². The summed E-state index contributed by atoms with van der Waals surface area (Å²) in [6.45, 7) is 1.80. The van der Waals surface area contributed by atoms with Gasteiger partial charge in [-0.05, 0) is 18.1 Å². The van der Waals surface area contributed by atoms with E-state index in [1.165, 1.54) is 6.07 Å². The second kappa shape index (κ2) is 3.61. The molecule has 3 nitrogen and oxygen atoms in total. The Morgan fingerprint density at radius 3 is 2.47 bits per heavy atom. The van der Waals surface area contributed by atoms with E-state index in [9.17, 15) is 9.90 Å². The monoisotopic (exact) mass is 201 g/mol. The van der Waals surface area contributed by atoms with Crippen molar-refractivity contribution < 1.29 is 5.11 Å². The van der Waals surface area contributed by atoms with Gasteiger partial charge in [0.25, 0.3) is 5.56 Å². The van der Waals surface area contributed by atoms with Gasteiger partial charge in [0.2, 0.25) is 0 Å². The van der Waals surface area contributed by atoms with Crippen LogP contribution in [0.5, 0.6) is 5.88 Å². The molecule has 2 rings (SSSR count). The standard InChI is InChI=1S/C12H11NO2/c1-8-7-10(14)13-12(15)11(8)9-5-3-2-4-6-9/h2-7H,1H3,(H2,13,14,15). The molecule has 0 unspecified atom stereocenters. The molecule has 0 spiro atoms. The molecule has 1 heterocycles. The van der Waals surface area contributed by atoms with Crippen molar-refractivity contribution in [1.29, 1.82) is 0 Å². The van der Waals surface area contributed by atoms with Crippen LogP contribution < -0.4 is 5.56 Å². The van der Waals surface area contributed by atoms with Crippen molar-refractivity contribution in [2.75, 3.05) is 0 Å². The van der Waals surface area contributed by atoms with E-state index < -0.39 is 0 Å². The molecule has 0 bridgehead atoms. The van der Waals surface area contributed by atoms with Gasteiger partial charge in [0.05, 0.1) is 0 Å². The van der Waals surface area contributed by atoms with Gasteiger partial charge in [-0.2, -0.15) is 0 Å². The Balaban J connectivity index is 2.69. The van der Waals surface area contributed by atoms with Crippen LogP contribution in [0.4, 0.5) is 0 Å². The SMILES string of the molecule is Cc1cc(=O)[nH]c(O)c1-c1ccccc1. The van der Waals surface area contributed by atoms with Crippen molar-refractivity contribution in [1.82, 2.24) is 4.98 Å². The number of aryl methyl sites for hydroxylation is 1. The Kier molecular flexibility index (Phi) is 2.29. The second-order valence-corrected chi connectivity index (χ2v) is 3.41. The van der Waals surface area contributed by atoms with E-state index in [1.54, 1.807) is 6.92 Å². The van der Waals surface area contributed by atoms with Crippen molar-refractivity contribution in [2.45, 2.75) is 6.92 Å². The third-order valence-corrected chi connectivity index (χ3v) is 2.28. The van der Waals surface area contributed by atoms with Crippen LogP contribution in [-0.4, -0.2) is 10.1 Å². The Morgan fingerprint density at radius 2 is 1.87 bits per heavy atom. The van der Waals surface area contributed by atoms with Crippen molar-refractivity contribution in [2.24, 2.45) is 0 Å². The molecule has 0 aliphatic carbocycles. The quantitative estimate of drug-likeness (QED) is 0.742. The Hall–Kier alpha value is -2.03. The summed E-state index contributed by atoms with van der Waals surface area (Å²) in [6.07, 6.45) is 0. The number of aromatic amines is 1. The zero-order valence-electron chi connectivity index (χ0n) is 8.32. The van der Waals surface area contributed by atoms with Crippen LogP contribution in [-0.2, 0) is 0 Å². The lowest BCUT2D eigenvalue weighted by Crippen LogP contribution is -2.05. The summed E-state index contributed by atoms with van der Waals surface area (Å²) in [5.74, 6) is -0.0776. The number of hydrogen-bond donors (Lipinski definition) is 2.